The molecule has 2 N–H and O–H groups in total. The number of aromatic nitrogens is 1. The molecule has 2 heterocycles. The van der Waals surface area contributed by atoms with E-state index in [1.165, 1.54) is 12.0 Å². The molecule has 1 atom stereocenters. The maximum Gasteiger partial charge on any atom is 0.332 e. The average molecular weight is 356 g/mol. The van der Waals surface area contributed by atoms with Gasteiger partial charge in [-0.2, -0.15) is 0 Å². The van der Waals surface area contributed by atoms with E-state index in [0.717, 1.165) is 0 Å². The van der Waals surface area contributed by atoms with Gasteiger partial charge in [0.2, 0.25) is 0 Å². The fourth-order valence-corrected chi connectivity index (χ4v) is 3.40. The lowest BCUT2D eigenvalue weighted by atomic mass is 9.96. The van der Waals surface area contributed by atoms with Crippen molar-refractivity contribution in [3.05, 3.63) is 59.4 Å². The van der Waals surface area contributed by atoms with E-state index in [9.17, 15) is 19.5 Å². The first-order chi connectivity index (χ1) is 12.5. The Labute approximate surface area is 150 Å². The summed E-state index contributed by atoms with van der Waals surface area (Å²) >= 11 is 0. The molecule has 26 heavy (non-hydrogen) atoms. The second-order valence-electron chi connectivity index (χ2n) is 6.34. The van der Waals surface area contributed by atoms with Gasteiger partial charge in [-0.05, 0) is 31.0 Å². The lowest BCUT2D eigenvalue weighted by Crippen LogP contribution is -2.56. The lowest BCUT2D eigenvalue weighted by molar-refractivity contribution is -0.151. The number of likely N-dealkylation sites (tertiary alicyclic amines) is 1. The van der Waals surface area contributed by atoms with E-state index in [2.05, 4.69) is 4.98 Å². The Balaban J connectivity index is 1.83. The molecule has 0 radical (unpaired) electrons. The number of H-pyrrole nitrogens is 1. The zero-order valence-electron chi connectivity index (χ0n) is 14.4. The van der Waals surface area contributed by atoms with Crippen LogP contribution in [0, 0.1) is 0 Å². The van der Waals surface area contributed by atoms with Gasteiger partial charge in [0.25, 0.3) is 5.91 Å². The highest BCUT2D eigenvalue weighted by molar-refractivity contribution is 6.09. The fourth-order valence-electron chi connectivity index (χ4n) is 3.40. The van der Waals surface area contributed by atoms with Gasteiger partial charge in [0, 0.05) is 42.7 Å². The minimum absolute atomic E-state index is 0.0574. The Kier molecular flexibility index (Phi) is 4.90. The molecule has 1 aliphatic heterocycles. The molecule has 1 fully saturated rings. The van der Waals surface area contributed by atoms with Crippen LogP contribution in [0.1, 0.15) is 39.1 Å². The number of carboxylic acids is 1. The third-order valence-corrected chi connectivity index (χ3v) is 4.77. The normalized spacial score (nSPS) is 19.5. The van der Waals surface area contributed by atoms with Gasteiger partial charge in [-0.25, -0.2) is 4.79 Å². The first kappa shape index (κ1) is 17.9. The molecule has 7 nitrogen and oxygen atoms in total. The van der Waals surface area contributed by atoms with Gasteiger partial charge < -0.3 is 19.7 Å². The second kappa shape index (κ2) is 7.13. The molecular formula is C19H20N2O5. The summed E-state index contributed by atoms with van der Waals surface area (Å²) in [7, 11) is 1.42. The number of hydrogen-bond acceptors (Lipinski definition) is 4. The summed E-state index contributed by atoms with van der Waals surface area (Å²) in [5.74, 6) is -1.59. The van der Waals surface area contributed by atoms with Gasteiger partial charge in [0.05, 0.1) is 6.61 Å². The predicted molar refractivity (Wildman–Crippen MR) is 93.2 cm³/mol. The zero-order chi connectivity index (χ0) is 18.7. The minimum Gasteiger partial charge on any atom is -0.479 e. The van der Waals surface area contributed by atoms with Crippen molar-refractivity contribution in [1.82, 2.24) is 9.88 Å². The summed E-state index contributed by atoms with van der Waals surface area (Å²) in [6.45, 7) is 0.302. The number of amides is 1. The third-order valence-electron chi connectivity index (χ3n) is 4.77. The Bertz CT molecular complexity index is 813. The van der Waals surface area contributed by atoms with Crippen molar-refractivity contribution < 1.29 is 24.2 Å². The van der Waals surface area contributed by atoms with E-state index >= 15 is 0 Å². The van der Waals surface area contributed by atoms with Crippen LogP contribution in [0.3, 0.4) is 0 Å². The lowest BCUT2D eigenvalue weighted by Gasteiger charge is -2.34. The van der Waals surface area contributed by atoms with Gasteiger partial charge in [-0.15, -0.1) is 0 Å². The third kappa shape index (κ3) is 3.01. The van der Waals surface area contributed by atoms with Gasteiger partial charge in [0.1, 0.15) is 0 Å². The molecule has 1 saturated heterocycles. The first-order valence-electron chi connectivity index (χ1n) is 8.31. The number of nitrogens with zero attached hydrogens (tertiary/aromatic N) is 1. The molecule has 0 aliphatic carbocycles. The number of aliphatic carboxylic acids is 1. The number of benzene rings is 1. The highest BCUT2D eigenvalue weighted by Gasteiger charge is 2.50. The molecule has 0 saturated carbocycles. The summed E-state index contributed by atoms with van der Waals surface area (Å²) < 4.78 is 5.08. The smallest absolute Gasteiger partial charge is 0.332 e. The molecule has 7 heteroatoms. The number of ether oxygens (including phenoxy) is 1. The quantitative estimate of drug-likeness (QED) is 0.771. The molecule has 0 spiro atoms. The number of carboxylic acid groups (broad SMARTS) is 1. The zero-order valence-corrected chi connectivity index (χ0v) is 14.4. The number of methoxy groups -OCH3 is 1. The number of hydrogen-bond donors (Lipinski definition) is 2. The van der Waals surface area contributed by atoms with Crippen LogP contribution in [0.2, 0.25) is 0 Å². The standard InChI is InChI=1S/C19H20N2O5/c1-26-12-19(18(24)25)8-2-10-21(19)17(23)14-5-3-13(4-6-14)16(22)15-7-9-20-11-15/h3-7,9,11,20H,2,8,10,12H2,1H3,(H,24,25). The van der Waals surface area contributed by atoms with E-state index in [0.29, 0.717) is 36.1 Å². The maximum absolute atomic E-state index is 12.9. The molecule has 1 aromatic heterocycles. The summed E-state index contributed by atoms with van der Waals surface area (Å²) in [4.78, 5) is 41.2. The Morgan fingerprint density at radius 3 is 2.42 bits per heavy atom. The van der Waals surface area contributed by atoms with Gasteiger partial charge >= 0.3 is 5.97 Å². The van der Waals surface area contributed by atoms with Crippen molar-refractivity contribution in [1.29, 1.82) is 0 Å². The van der Waals surface area contributed by atoms with E-state index in [1.54, 1.807) is 42.7 Å². The molecule has 3 rings (SSSR count). The summed E-state index contributed by atoms with van der Waals surface area (Å²) in [5.41, 5.74) is 0.00246. The van der Waals surface area contributed by atoms with Crippen molar-refractivity contribution >= 4 is 17.7 Å². The van der Waals surface area contributed by atoms with Crippen LogP contribution in [-0.2, 0) is 9.53 Å². The van der Waals surface area contributed by atoms with E-state index in [4.69, 9.17) is 4.74 Å². The highest BCUT2D eigenvalue weighted by Crippen LogP contribution is 2.31. The number of ketones is 1. The molecule has 136 valence electrons. The maximum atomic E-state index is 12.9. The number of nitrogens with one attached hydrogen (secondary N) is 1. The molecule has 1 unspecified atom stereocenters. The predicted octanol–water partition coefficient (Wildman–Crippen LogP) is 1.95. The number of aromatic amines is 1. The van der Waals surface area contributed by atoms with Crippen LogP contribution in [-0.4, -0.2) is 58.5 Å². The number of rotatable bonds is 6. The van der Waals surface area contributed by atoms with Gasteiger partial charge in [0.15, 0.2) is 11.3 Å². The van der Waals surface area contributed by atoms with Gasteiger partial charge in [-0.3, -0.25) is 9.59 Å². The monoisotopic (exact) mass is 356 g/mol. The van der Waals surface area contributed by atoms with Crippen LogP contribution in [0.15, 0.2) is 42.7 Å². The van der Waals surface area contributed by atoms with Crippen LogP contribution < -0.4 is 0 Å². The first-order valence-corrected chi connectivity index (χ1v) is 8.31. The van der Waals surface area contributed by atoms with Crippen molar-refractivity contribution in [2.75, 3.05) is 20.3 Å². The Morgan fingerprint density at radius 2 is 1.85 bits per heavy atom. The fraction of sp³-hybridized carbons (Fsp3) is 0.316. The van der Waals surface area contributed by atoms with Crippen LogP contribution in [0.5, 0.6) is 0 Å². The van der Waals surface area contributed by atoms with E-state index in [-0.39, 0.29) is 18.3 Å². The molecule has 0 bridgehead atoms. The van der Waals surface area contributed by atoms with Crippen molar-refractivity contribution in [3.8, 4) is 0 Å². The topological polar surface area (TPSA) is 99.7 Å². The Hall–Kier alpha value is -2.93. The van der Waals surface area contributed by atoms with Crippen LogP contribution in [0.4, 0.5) is 0 Å². The molecule has 1 aromatic carbocycles. The summed E-state index contributed by atoms with van der Waals surface area (Å²) in [5, 5.41) is 9.66. The van der Waals surface area contributed by atoms with E-state index in [1.807, 2.05) is 0 Å². The van der Waals surface area contributed by atoms with Crippen molar-refractivity contribution in [2.24, 2.45) is 0 Å². The molecule has 2 aromatic rings. The van der Waals surface area contributed by atoms with Gasteiger partial charge in [-0.1, -0.05) is 12.1 Å². The Morgan fingerprint density at radius 1 is 1.15 bits per heavy atom. The number of carbonyl (C=O) groups excluding carboxylic acids is 2. The largest absolute Gasteiger partial charge is 0.479 e. The minimum atomic E-state index is -1.34. The van der Waals surface area contributed by atoms with Crippen LogP contribution >= 0.6 is 0 Å². The summed E-state index contributed by atoms with van der Waals surface area (Å²) in [6.07, 6.45) is 4.23. The molecule has 1 aliphatic rings. The van der Waals surface area contributed by atoms with Crippen molar-refractivity contribution in [2.45, 2.75) is 18.4 Å². The van der Waals surface area contributed by atoms with E-state index < -0.39 is 11.5 Å². The van der Waals surface area contributed by atoms with Crippen LogP contribution in [0.25, 0.3) is 0 Å². The highest BCUT2D eigenvalue weighted by atomic mass is 16.5. The molecular weight excluding hydrogens is 336 g/mol. The number of carbonyl (C=O) groups is 3. The second-order valence-corrected chi connectivity index (χ2v) is 6.34. The summed E-state index contributed by atoms with van der Waals surface area (Å²) in [6, 6.07) is 7.95. The average Bonchev–Trinajstić information content (AvgIpc) is 3.31. The SMILES string of the molecule is COCC1(C(=O)O)CCCN1C(=O)c1ccc(C(=O)c2cc[nH]c2)cc1. The molecule has 1 amide bonds. The van der Waals surface area contributed by atoms with Crippen molar-refractivity contribution in [3.63, 3.8) is 0 Å².